The van der Waals surface area contributed by atoms with E-state index in [4.69, 9.17) is 11.6 Å². The van der Waals surface area contributed by atoms with Crippen LogP contribution in [-0.4, -0.2) is 29.2 Å². The fourth-order valence-corrected chi connectivity index (χ4v) is 3.60. The van der Waals surface area contributed by atoms with Gasteiger partial charge >= 0.3 is 6.03 Å². The number of benzene rings is 2. The van der Waals surface area contributed by atoms with Gasteiger partial charge in [0.2, 0.25) is 0 Å². The number of urea groups is 1. The van der Waals surface area contributed by atoms with E-state index in [0.29, 0.717) is 16.1 Å². The lowest BCUT2D eigenvalue weighted by molar-refractivity contribution is -0.130. The lowest BCUT2D eigenvalue weighted by Gasteiger charge is -2.23. The Balaban J connectivity index is 1.79. The minimum atomic E-state index is -1.29. The fourth-order valence-electron chi connectivity index (χ4n) is 3.27. The van der Waals surface area contributed by atoms with Crippen molar-refractivity contribution in [3.05, 3.63) is 70.2 Å². The van der Waals surface area contributed by atoms with Crippen LogP contribution in [-0.2, 0) is 16.8 Å². The zero-order chi connectivity index (χ0) is 19.6. The highest BCUT2D eigenvalue weighted by atomic mass is 35.5. The summed E-state index contributed by atoms with van der Waals surface area (Å²) in [5.41, 5.74) is 0.835. The molecular formula is C21H21ClN2O3. The van der Waals surface area contributed by atoms with E-state index in [1.807, 2.05) is 12.1 Å². The van der Waals surface area contributed by atoms with Gasteiger partial charge in [-0.05, 0) is 25.0 Å². The first-order valence-corrected chi connectivity index (χ1v) is 9.26. The Morgan fingerprint density at radius 2 is 1.78 bits per heavy atom. The summed E-state index contributed by atoms with van der Waals surface area (Å²) in [6.07, 6.45) is 1.97. The lowest BCUT2D eigenvalue weighted by atomic mass is 9.92. The third kappa shape index (κ3) is 3.60. The van der Waals surface area contributed by atoms with Crippen LogP contribution in [0.5, 0.6) is 0 Å². The number of nitrogens with one attached hydrogen (secondary N) is 1. The highest BCUT2D eigenvalue weighted by Gasteiger charge is 2.50. The van der Waals surface area contributed by atoms with Gasteiger partial charge in [0.05, 0.1) is 6.54 Å². The third-order valence-electron chi connectivity index (χ3n) is 4.80. The van der Waals surface area contributed by atoms with Gasteiger partial charge in [0.1, 0.15) is 5.54 Å². The molecule has 0 saturated carbocycles. The quantitative estimate of drug-likeness (QED) is 0.606. The largest absolute Gasteiger partial charge is 0.325 e. The van der Waals surface area contributed by atoms with Gasteiger partial charge in [0.25, 0.3) is 5.91 Å². The van der Waals surface area contributed by atoms with Gasteiger partial charge in [-0.1, -0.05) is 67.4 Å². The van der Waals surface area contributed by atoms with E-state index in [9.17, 15) is 14.4 Å². The van der Waals surface area contributed by atoms with E-state index < -0.39 is 17.5 Å². The molecule has 1 fully saturated rings. The van der Waals surface area contributed by atoms with Crippen molar-refractivity contribution in [3.8, 4) is 0 Å². The Morgan fingerprint density at radius 1 is 1.11 bits per heavy atom. The summed E-state index contributed by atoms with van der Waals surface area (Å²) in [6, 6.07) is 13.5. The Kier molecular flexibility index (Phi) is 5.33. The number of carbonyl (C=O) groups excluding carboxylic acids is 3. The van der Waals surface area contributed by atoms with Gasteiger partial charge in [0.15, 0.2) is 5.78 Å². The molecule has 27 heavy (non-hydrogen) atoms. The molecule has 0 radical (unpaired) electrons. The van der Waals surface area contributed by atoms with Crippen LogP contribution >= 0.6 is 11.6 Å². The van der Waals surface area contributed by atoms with Crippen LogP contribution in [0.1, 0.15) is 41.8 Å². The predicted molar refractivity (Wildman–Crippen MR) is 104 cm³/mol. The summed E-state index contributed by atoms with van der Waals surface area (Å²) in [7, 11) is 0. The standard InChI is InChI=1S/C21H21ClN2O3/c1-3-6-14-9-11-15(12-10-14)18(25)13-24-19(26)21(2,23-20(24)27)16-7-4-5-8-17(16)22/h4-5,7-12H,3,6,13H2,1-2H3,(H,23,27)/t21-/m0/s1. The number of amides is 3. The zero-order valence-corrected chi connectivity index (χ0v) is 16.0. The molecule has 3 rings (SSSR count). The summed E-state index contributed by atoms with van der Waals surface area (Å²) in [6.45, 7) is 3.38. The van der Waals surface area contributed by atoms with Crippen molar-refractivity contribution in [2.75, 3.05) is 6.54 Å². The van der Waals surface area contributed by atoms with Crippen molar-refractivity contribution in [2.24, 2.45) is 0 Å². The van der Waals surface area contributed by atoms with Crippen LogP contribution in [0.15, 0.2) is 48.5 Å². The van der Waals surface area contributed by atoms with Gasteiger partial charge in [-0.3, -0.25) is 14.5 Å². The van der Waals surface area contributed by atoms with E-state index in [1.54, 1.807) is 43.3 Å². The van der Waals surface area contributed by atoms with Gasteiger partial charge < -0.3 is 5.32 Å². The maximum absolute atomic E-state index is 12.9. The molecule has 1 atom stereocenters. The molecule has 1 heterocycles. The molecule has 1 saturated heterocycles. The van der Waals surface area contributed by atoms with Crippen molar-refractivity contribution in [1.29, 1.82) is 0 Å². The molecule has 0 spiro atoms. The van der Waals surface area contributed by atoms with E-state index in [2.05, 4.69) is 12.2 Å². The molecule has 1 aliphatic rings. The van der Waals surface area contributed by atoms with Crippen molar-refractivity contribution < 1.29 is 14.4 Å². The molecule has 3 amide bonds. The van der Waals surface area contributed by atoms with E-state index in [-0.39, 0.29) is 12.3 Å². The molecule has 0 bridgehead atoms. The highest BCUT2D eigenvalue weighted by Crippen LogP contribution is 2.33. The number of hydrogen-bond acceptors (Lipinski definition) is 3. The molecule has 5 nitrogen and oxygen atoms in total. The topological polar surface area (TPSA) is 66.5 Å². The average Bonchev–Trinajstić information content (AvgIpc) is 2.87. The second-order valence-corrected chi connectivity index (χ2v) is 7.20. The Labute approximate surface area is 163 Å². The number of hydrogen-bond donors (Lipinski definition) is 1. The van der Waals surface area contributed by atoms with Crippen molar-refractivity contribution in [2.45, 2.75) is 32.2 Å². The van der Waals surface area contributed by atoms with Gasteiger partial charge in [-0.2, -0.15) is 0 Å². The molecule has 0 aromatic heterocycles. The summed E-state index contributed by atoms with van der Waals surface area (Å²) < 4.78 is 0. The van der Waals surface area contributed by atoms with Crippen molar-refractivity contribution >= 4 is 29.3 Å². The first-order chi connectivity index (χ1) is 12.9. The lowest BCUT2D eigenvalue weighted by Crippen LogP contribution is -2.41. The normalized spacial score (nSPS) is 19.3. The number of imide groups is 1. The van der Waals surface area contributed by atoms with Crippen LogP contribution in [0.3, 0.4) is 0 Å². The number of aryl methyl sites for hydroxylation is 1. The van der Waals surface area contributed by atoms with Crippen LogP contribution in [0.4, 0.5) is 4.79 Å². The summed E-state index contributed by atoms with van der Waals surface area (Å²) in [4.78, 5) is 38.8. The molecule has 2 aromatic rings. The van der Waals surface area contributed by atoms with E-state index >= 15 is 0 Å². The number of nitrogens with zero attached hydrogens (tertiary/aromatic N) is 1. The molecule has 2 aromatic carbocycles. The molecule has 1 N–H and O–H groups in total. The summed E-state index contributed by atoms with van der Waals surface area (Å²) >= 11 is 6.21. The minimum Gasteiger partial charge on any atom is -0.319 e. The second-order valence-electron chi connectivity index (χ2n) is 6.80. The predicted octanol–water partition coefficient (Wildman–Crippen LogP) is 3.94. The molecular weight excluding hydrogens is 364 g/mol. The maximum Gasteiger partial charge on any atom is 0.325 e. The first-order valence-electron chi connectivity index (χ1n) is 8.88. The van der Waals surface area contributed by atoms with Crippen LogP contribution in [0, 0.1) is 0 Å². The highest BCUT2D eigenvalue weighted by molar-refractivity contribution is 6.32. The molecule has 0 aliphatic carbocycles. The molecule has 6 heteroatoms. The number of carbonyl (C=O) groups is 3. The Bertz CT molecular complexity index is 895. The van der Waals surface area contributed by atoms with Gasteiger partial charge in [-0.15, -0.1) is 0 Å². The van der Waals surface area contributed by atoms with Crippen molar-refractivity contribution in [3.63, 3.8) is 0 Å². The number of Topliss-reactive ketones (excluding diaryl/α,β-unsaturated/α-hetero) is 1. The van der Waals surface area contributed by atoms with Gasteiger partial charge in [-0.25, -0.2) is 4.79 Å². The smallest absolute Gasteiger partial charge is 0.319 e. The summed E-state index contributed by atoms with van der Waals surface area (Å²) in [5.74, 6) is -0.776. The number of ketones is 1. The third-order valence-corrected chi connectivity index (χ3v) is 5.13. The first kappa shape index (κ1) is 19.1. The monoisotopic (exact) mass is 384 g/mol. The second kappa shape index (κ2) is 7.53. The maximum atomic E-state index is 12.9. The Hall–Kier alpha value is -2.66. The fraction of sp³-hybridized carbons (Fsp3) is 0.286. The molecule has 0 unspecified atom stereocenters. The van der Waals surface area contributed by atoms with Crippen LogP contribution < -0.4 is 5.32 Å². The van der Waals surface area contributed by atoms with Gasteiger partial charge in [0, 0.05) is 16.1 Å². The molecule has 140 valence electrons. The van der Waals surface area contributed by atoms with Crippen LogP contribution in [0.2, 0.25) is 5.02 Å². The zero-order valence-electron chi connectivity index (χ0n) is 15.3. The van der Waals surface area contributed by atoms with Crippen LogP contribution in [0.25, 0.3) is 0 Å². The number of rotatable bonds is 6. The minimum absolute atomic E-state index is 0.287. The SMILES string of the molecule is CCCc1ccc(C(=O)CN2C(=O)N[C@@](C)(c3ccccc3Cl)C2=O)cc1. The van der Waals surface area contributed by atoms with E-state index in [1.165, 1.54) is 0 Å². The Morgan fingerprint density at radius 3 is 2.41 bits per heavy atom. The number of halogens is 1. The summed E-state index contributed by atoms with van der Waals surface area (Å²) in [5, 5.41) is 3.05. The average molecular weight is 385 g/mol. The molecule has 1 aliphatic heterocycles. The van der Waals surface area contributed by atoms with E-state index in [0.717, 1.165) is 23.3 Å². The van der Waals surface area contributed by atoms with Crippen molar-refractivity contribution in [1.82, 2.24) is 10.2 Å².